The van der Waals surface area contributed by atoms with Crippen LogP contribution < -0.4 is 5.32 Å². The number of ether oxygens (including phenoxy) is 1. The molecular weight excluding hydrogens is 308 g/mol. The third-order valence-corrected chi connectivity index (χ3v) is 4.74. The number of hydrogen-bond acceptors (Lipinski definition) is 4. The number of thiazole rings is 1. The largest absolute Gasteiger partial charge is 0.371 e. The topological polar surface area (TPSA) is 51.2 Å². The van der Waals surface area contributed by atoms with Crippen LogP contribution in [0.4, 0.5) is 0 Å². The molecule has 0 aliphatic carbocycles. The molecular formula is C15H15ClN2O2S. The van der Waals surface area contributed by atoms with E-state index in [1.807, 2.05) is 31.2 Å². The summed E-state index contributed by atoms with van der Waals surface area (Å²) in [5.74, 6) is -0.0792. The van der Waals surface area contributed by atoms with E-state index in [0.29, 0.717) is 16.5 Å². The van der Waals surface area contributed by atoms with E-state index in [-0.39, 0.29) is 18.1 Å². The SMILES string of the molecule is Cc1ncsc1C(=O)NC1CCOC1c1ccc(Cl)cc1. The molecule has 1 aromatic heterocycles. The summed E-state index contributed by atoms with van der Waals surface area (Å²) >= 11 is 7.27. The standard InChI is InChI=1S/C15H15ClN2O2S/c1-9-14(21-8-17-9)15(19)18-12-6-7-20-13(12)10-2-4-11(16)5-3-10/h2-5,8,12-13H,6-7H2,1H3,(H,18,19). The minimum absolute atomic E-state index is 0.0276. The Morgan fingerprint density at radius 1 is 1.43 bits per heavy atom. The predicted molar refractivity (Wildman–Crippen MR) is 82.9 cm³/mol. The van der Waals surface area contributed by atoms with Gasteiger partial charge in [-0.25, -0.2) is 4.98 Å². The molecule has 1 aromatic carbocycles. The molecule has 1 aliphatic rings. The Morgan fingerprint density at radius 3 is 2.86 bits per heavy atom. The third-order valence-electron chi connectivity index (χ3n) is 3.56. The van der Waals surface area contributed by atoms with Gasteiger partial charge in [0.05, 0.1) is 17.2 Å². The third kappa shape index (κ3) is 3.10. The number of carbonyl (C=O) groups excluding carboxylic acids is 1. The van der Waals surface area contributed by atoms with E-state index in [1.54, 1.807) is 5.51 Å². The number of nitrogens with zero attached hydrogens (tertiary/aromatic N) is 1. The number of aryl methyl sites for hydroxylation is 1. The van der Waals surface area contributed by atoms with E-state index in [0.717, 1.165) is 17.7 Å². The molecule has 1 fully saturated rings. The molecule has 110 valence electrons. The molecule has 1 N–H and O–H groups in total. The molecule has 2 unspecified atom stereocenters. The number of rotatable bonds is 3. The van der Waals surface area contributed by atoms with Crippen molar-refractivity contribution in [3.8, 4) is 0 Å². The van der Waals surface area contributed by atoms with Gasteiger partial charge in [-0.05, 0) is 31.0 Å². The zero-order chi connectivity index (χ0) is 14.8. The highest BCUT2D eigenvalue weighted by Gasteiger charge is 2.31. The zero-order valence-corrected chi connectivity index (χ0v) is 13.1. The van der Waals surface area contributed by atoms with Gasteiger partial charge in [0, 0.05) is 11.6 Å². The maximum absolute atomic E-state index is 12.3. The van der Waals surface area contributed by atoms with Crippen LogP contribution >= 0.6 is 22.9 Å². The molecule has 0 bridgehead atoms. The van der Waals surface area contributed by atoms with Gasteiger partial charge in [-0.3, -0.25) is 4.79 Å². The van der Waals surface area contributed by atoms with E-state index < -0.39 is 0 Å². The Hall–Kier alpha value is -1.43. The van der Waals surface area contributed by atoms with E-state index in [9.17, 15) is 4.79 Å². The number of hydrogen-bond donors (Lipinski definition) is 1. The van der Waals surface area contributed by atoms with Crippen molar-refractivity contribution in [2.45, 2.75) is 25.5 Å². The maximum atomic E-state index is 12.3. The van der Waals surface area contributed by atoms with Gasteiger partial charge in [0.15, 0.2) is 0 Å². The molecule has 2 heterocycles. The lowest BCUT2D eigenvalue weighted by atomic mass is 10.0. The van der Waals surface area contributed by atoms with Crippen LogP contribution in [0.5, 0.6) is 0 Å². The molecule has 0 saturated carbocycles. The Bertz CT molecular complexity index is 641. The van der Waals surface area contributed by atoms with Gasteiger partial charge in [0.1, 0.15) is 11.0 Å². The van der Waals surface area contributed by atoms with Crippen molar-refractivity contribution in [1.82, 2.24) is 10.3 Å². The van der Waals surface area contributed by atoms with Gasteiger partial charge in [-0.2, -0.15) is 0 Å². The highest BCUT2D eigenvalue weighted by atomic mass is 35.5. The summed E-state index contributed by atoms with van der Waals surface area (Å²) in [5, 5.41) is 3.75. The molecule has 4 nitrogen and oxygen atoms in total. The van der Waals surface area contributed by atoms with Crippen LogP contribution in [0.2, 0.25) is 5.02 Å². The Morgan fingerprint density at radius 2 is 2.19 bits per heavy atom. The summed E-state index contributed by atoms with van der Waals surface area (Å²) in [6, 6.07) is 7.53. The molecule has 2 atom stereocenters. The van der Waals surface area contributed by atoms with Crippen LogP contribution in [-0.2, 0) is 4.74 Å². The quantitative estimate of drug-likeness (QED) is 0.942. The average molecular weight is 323 g/mol. The van der Waals surface area contributed by atoms with Gasteiger partial charge < -0.3 is 10.1 Å². The maximum Gasteiger partial charge on any atom is 0.263 e. The fourth-order valence-corrected chi connectivity index (χ4v) is 3.30. The van der Waals surface area contributed by atoms with Crippen LogP contribution in [0, 0.1) is 6.92 Å². The molecule has 0 radical (unpaired) electrons. The lowest BCUT2D eigenvalue weighted by molar-refractivity contribution is 0.0824. The Kier molecular flexibility index (Phi) is 4.24. The second-order valence-corrected chi connectivity index (χ2v) is 6.27. The Balaban J connectivity index is 1.74. The first-order valence-corrected chi connectivity index (χ1v) is 7.99. The minimum atomic E-state index is -0.126. The van der Waals surface area contributed by atoms with Gasteiger partial charge >= 0.3 is 0 Å². The molecule has 0 spiro atoms. The first-order chi connectivity index (χ1) is 10.1. The predicted octanol–water partition coefficient (Wildman–Crippen LogP) is 3.36. The van der Waals surface area contributed by atoms with E-state index in [4.69, 9.17) is 16.3 Å². The fourth-order valence-electron chi connectivity index (χ4n) is 2.47. The molecule has 2 aromatic rings. The zero-order valence-electron chi connectivity index (χ0n) is 11.5. The molecule has 21 heavy (non-hydrogen) atoms. The van der Waals surface area contributed by atoms with Gasteiger partial charge in [0.25, 0.3) is 5.91 Å². The number of aromatic nitrogens is 1. The van der Waals surface area contributed by atoms with Crippen molar-refractivity contribution in [2.75, 3.05) is 6.61 Å². The summed E-state index contributed by atoms with van der Waals surface area (Å²) in [6.07, 6.45) is 0.677. The molecule has 1 aliphatic heterocycles. The van der Waals surface area contributed by atoms with Crippen molar-refractivity contribution >= 4 is 28.8 Å². The van der Waals surface area contributed by atoms with Crippen LogP contribution in [0.15, 0.2) is 29.8 Å². The number of halogens is 1. The second-order valence-electron chi connectivity index (χ2n) is 4.98. The van der Waals surface area contributed by atoms with Crippen LogP contribution in [0.3, 0.4) is 0 Å². The fraction of sp³-hybridized carbons (Fsp3) is 0.333. The van der Waals surface area contributed by atoms with Crippen molar-refractivity contribution in [2.24, 2.45) is 0 Å². The van der Waals surface area contributed by atoms with E-state index in [2.05, 4.69) is 10.3 Å². The average Bonchev–Trinajstić information content (AvgIpc) is 3.09. The number of amides is 1. The minimum Gasteiger partial charge on any atom is -0.371 e. The first-order valence-electron chi connectivity index (χ1n) is 6.73. The van der Waals surface area contributed by atoms with Crippen molar-refractivity contribution < 1.29 is 9.53 Å². The van der Waals surface area contributed by atoms with Gasteiger partial charge in [-0.1, -0.05) is 23.7 Å². The van der Waals surface area contributed by atoms with Crippen LogP contribution in [0.1, 0.15) is 33.5 Å². The molecule has 3 rings (SSSR count). The summed E-state index contributed by atoms with van der Waals surface area (Å²) in [6.45, 7) is 2.48. The summed E-state index contributed by atoms with van der Waals surface area (Å²) < 4.78 is 5.77. The Labute approximate surface area is 132 Å². The van der Waals surface area contributed by atoms with Gasteiger partial charge in [-0.15, -0.1) is 11.3 Å². The monoisotopic (exact) mass is 322 g/mol. The number of carbonyl (C=O) groups is 1. The summed E-state index contributed by atoms with van der Waals surface area (Å²) in [7, 11) is 0. The summed E-state index contributed by atoms with van der Waals surface area (Å²) in [4.78, 5) is 17.1. The van der Waals surface area contributed by atoms with Crippen molar-refractivity contribution in [1.29, 1.82) is 0 Å². The van der Waals surface area contributed by atoms with Crippen molar-refractivity contribution in [3.05, 3.63) is 50.9 Å². The molecule has 1 saturated heterocycles. The van der Waals surface area contributed by atoms with Crippen LogP contribution in [-0.4, -0.2) is 23.5 Å². The summed E-state index contributed by atoms with van der Waals surface area (Å²) in [5.41, 5.74) is 3.48. The normalized spacial score (nSPS) is 21.4. The smallest absolute Gasteiger partial charge is 0.263 e. The van der Waals surface area contributed by atoms with E-state index >= 15 is 0 Å². The number of benzene rings is 1. The molecule has 1 amide bonds. The first kappa shape index (κ1) is 14.5. The highest BCUT2D eigenvalue weighted by molar-refractivity contribution is 7.11. The second kappa shape index (κ2) is 6.13. The van der Waals surface area contributed by atoms with E-state index in [1.165, 1.54) is 11.3 Å². The van der Waals surface area contributed by atoms with Gasteiger partial charge in [0.2, 0.25) is 0 Å². The lowest BCUT2D eigenvalue weighted by Gasteiger charge is -2.20. The van der Waals surface area contributed by atoms with Crippen LogP contribution in [0.25, 0.3) is 0 Å². The highest BCUT2D eigenvalue weighted by Crippen LogP contribution is 2.30. The van der Waals surface area contributed by atoms with Crippen molar-refractivity contribution in [3.63, 3.8) is 0 Å². The number of nitrogens with one attached hydrogen (secondary N) is 1. The lowest BCUT2D eigenvalue weighted by Crippen LogP contribution is -2.36. The molecule has 6 heteroatoms.